The summed E-state index contributed by atoms with van der Waals surface area (Å²) in [6.45, 7) is -0.0650. The number of hydrogen-bond acceptors (Lipinski definition) is 5. The highest BCUT2D eigenvalue weighted by Gasteiger charge is 2.21. The lowest BCUT2D eigenvalue weighted by Crippen LogP contribution is -2.02. The molecule has 0 saturated carbocycles. The van der Waals surface area contributed by atoms with E-state index in [9.17, 15) is 10.2 Å². The summed E-state index contributed by atoms with van der Waals surface area (Å²) in [4.78, 5) is 0. The lowest BCUT2D eigenvalue weighted by atomic mass is 10.0. The maximum Gasteiger partial charge on any atom is 0.204 e. The van der Waals surface area contributed by atoms with Crippen LogP contribution in [-0.2, 0) is 6.61 Å². The molecule has 0 heterocycles. The lowest BCUT2D eigenvalue weighted by Gasteiger charge is -2.18. The molecule has 6 heteroatoms. The van der Waals surface area contributed by atoms with Gasteiger partial charge in [-0.3, -0.25) is 0 Å². The number of rotatable bonds is 7. The summed E-state index contributed by atoms with van der Waals surface area (Å²) in [7, 11) is 4.56. The molecule has 0 fully saturated rings. The molecule has 5 nitrogen and oxygen atoms in total. The van der Waals surface area contributed by atoms with Crippen LogP contribution in [0.3, 0.4) is 0 Å². The minimum atomic E-state index is -0.908. The summed E-state index contributed by atoms with van der Waals surface area (Å²) in [6.07, 6.45) is 2.50. The van der Waals surface area contributed by atoms with Gasteiger partial charge >= 0.3 is 0 Å². The smallest absolute Gasteiger partial charge is 0.204 e. The number of ether oxygens (including phenoxy) is 3. The van der Waals surface area contributed by atoms with Crippen molar-refractivity contribution in [1.82, 2.24) is 0 Å². The fraction of sp³-hybridized carbons (Fsp3) is 0.263. The number of hydrogen-bond donors (Lipinski definition) is 2. The van der Waals surface area contributed by atoms with Crippen molar-refractivity contribution in [2.24, 2.45) is 0 Å². The topological polar surface area (TPSA) is 68.2 Å². The van der Waals surface area contributed by atoms with E-state index in [1.165, 1.54) is 21.3 Å². The van der Waals surface area contributed by atoms with Crippen molar-refractivity contribution in [3.8, 4) is 17.2 Å². The first-order chi connectivity index (χ1) is 12.1. The van der Waals surface area contributed by atoms with Gasteiger partial charge in [-0.15, -0.1) is 0 Å². The third kappa shape index (κ3) is 4.15. The molecule has 2 aromatic carbocycles. The molecule has 1 atom stereocenters. The van der Waals surface area contributed by atoms with Crippen molar-refractivity contribution in [3.05, 3.63) is 57.6 Å². The van der Waals surface area contributed by atoms with Gasteiger partial charge in [-0.05, 0) is 33.1 Å². The Balaban J connectivity index is 2.42. The van der Waals surface area contributed by atoms with E-state index in [1.807, 2.05) is 24.3 Å². The van der Waals surface area contributed by atoms with Crippen molar-refractivity contribution >= 4 is 22.0 Å². The molecule has 0 aliphatic heterocycles. The second-order valence-corrected chi connectivity index (χ2v) is 6.00. The molecule has 0 spiro atoms. The Morgan fingerprint density at radius 2 is 1.76 bits per heavy atom. The van der Waals surface area contributed by atoms with Gasteiger partial charge < -0.3 is 24.4 Å². The first-order valence-electron chi connectivity index (χ1n) is 7.60. The minimum Gasteiger partial charge on any atom is -0.493 e. The molecule has 0 aromatic heterocycles. The fourth-order valence-corrected chi connectivity index (χ4v) is 3.19. The number of aliphatic hydroxyl groups is 2. The Morgan fingerprint density at radius 3 is 2.36 bits per heavy atom. The zero-order valence-electron chi connectivity index (χ0n) is 14.3. The predicted octanol–water partition coefficient (Wildman–Crippen LogP) is 3.71. The summed E-state index contributed by atoms with van der Waals surface area (Å²) in [5.41, 5.74) is 2.20. The molecule has 0 amide bonds. The highest BCUT2D eigenvalue weighted by Crippen LogP contribution is 2.46. The van der Waals surface area contributed by atoms with Gasteiger partial charge in [0.15, 0.2) is 11.5 Å². The summed E-state index contributed by atoms with van der Waals surface area (Å²) >= 11 is 3.46. The van der Waals surface area contributed by atoms with E-state index in [1.54, 1.807) is 18.2 Å². The number of benzene rings is 2. The van der Waals surface area contributed by atoms with E-state index in [0.29, 0.717) is 27.3 Å². The minimum absolute atomic E-state index is 0.0650. The van der Waals surface area contributed by atoms with Crippen molar-refractivity contribution in [1.29, 1.82) is 0 Å². The number of aliphatic hydroxyl groups excluding tert-OH is 2. The average molecular weight is 409 g/mol. The van der Waals surface area contributed by atoms with E-state index >= 15 is 0 Å². The second-order valence-electron chi connectivity index (χ2n) is 5.21. The van der Waals surface area contributed by atoms with Crippen LogP contribution >= 0.6 is 15.9 Å². The van der Waals surface area contributed by atoms with E-state index in [0.717, 1.165) is 11.1 Å². The van der Waals surface area contributed by atoms with Gasteiger partial charge in [-0.2, -0.15) is 0 Å². The Morgan fingerprint density at radius 1 is 1.08 bits per heavy atom. The molecule has 134 valence electrons. The monoisotopic (exact) mass is 408 g/mol. The van der Waals surface area contributed by atoms with Gasteiger partial charge in [0.05, 0.1) is 38.5 Å². The average Bonchev–Trinajstić information content (AvgIpc) is 2.65. The first kappa shape index (κ1) is 19.3. The molecule has 0 aliphatic carbocycles. The van der Waals surface area contributed by atoms with Crippen LogP contribution in [-0.4, -0.2) is 31.5 Å². The summed E-state index contributed by atoms with van der Waals surface area (Å²) < 4.78 is 16.6. The van der Waals surface area contributed by atoms with Gasteiger partial charge in [0.1, 0.15) is 0 Å². The molecule has 2 rings (SSSR count). The molecular formula is C19H21BrO5. The Hall–Kier alpha value is -2.02. The van der Waals surface area contributed by atoms with Crippen molar-refractivity contribution in [2.45, 2.75) is 12.7 Å². The highest BCUT2D eigenvalue weighted by atomic mass is 79.9. The van der Waals surface area contributed by atoms with Crippen LogP contribution in [0, 0.1) is 0 Å². The van der Waals surface area contributed by atoms with Gasteiger partial charge in [0, 0.05) is 5.56 Å². The molecule has 0 radical (unpaired) electrons. The molecule has 25 heavy (non-hydrogen) atoms. The highest BCUT2D eigenvalue weighted by molar-refractivity contribution is 9.10. The van der Waals surface area contributed by atoms with E-state index < -0.39 is 6.10 Å². The van der Waals surface area contributed by atoms with Gasteiger partial charge in [0.25, 0.3) is 0 Å². The molecule has 2 aromatic rings. The maximum atomic E-state index is 10.6. The molecule has 0 aliphatic rings. The second kappa shape index (κ2) is 8.89. The zero-order valence-corrected chi connectivity index (χ0v) is 15.9. The third-order valence-corrected chi connectivity index (χ3v) is 4.62. The van der Waals surface area contributed by atoms with Gasteiger partial charge in [0.2, 0.25) is 5.75 Å². The third-order valence-electron chi connectivity index (χ3n) is 3.80. The van der Waals surface area contributed by atoms with E-state index in [4.69, 9.17) is 14.2 Å². The Labute approximate surface area is 155 Å². The summed E-state index contributed by atoms with van der Waals surface area (Å²) in [6, 6.07) is 9.13. The van der Waals surface area contributed by atoms with Gasteiger partial charge in [-0.1, -0.05) is 36.4 Å². The zero-order chi connectivity index (χ0) is 18.4. The van der Waals surface area contributed by atoms with Crippen molar-refractivity contribution in [3.63, 3.8) is 0 Å². The van der Waals surface area contributed by atoms with Crippen molar-refractivity contribution in [2.75, 3.05) is 21.3 Å². The van der Waals surface area contributed by atoms with Crippen LogP contribution in [0.4, 0.5) is 0 Å². The lowest BCUT2D eigenvalue weighted by molar-refractivity contribution is 0.226. The number of methoxy groups -OCH3 is 3. The largest absolute Gasteiger partial charge is 0.493 e. The van der Waals surface area contributed by atoms with Crippen molar-refractivity contribution < 1.29 is 24.4 Å². The van der Waals surface area contributed by atoms with Crippen LogP contribution in [0.2, 0.25) is 0 Å². The fourth-order valence-electron chi connectivity index (χ4n) is 2.49. The first-order valence-corrected chi connectivity index (χ1v) is 8.40. The summed E-state index contributed by atoms with van der Waals surface area (Å²) in [5, 5.41) is 20.0. The van der Waals surface area contributed by atoms with Crippen LogP contribution in [0.25, 0.3) is 6.08 Å². The molecular weight excluding hydrogens is 388 g/mol. The maximum absolute atomic E-state index is 10.6. The van der Waals surface area contributed by atoms with E-state index in [-0.39, 0.29) is 6.61 Å². The molecule has 1 unspecified atom stereocenters. The molecule has 0 bridgehead atoms. The van der Waals surface area contributed by atoms with Gasteiger partial charge in [-0.25, -0.2) is 0 Å². The summed E-state index contributed by atoms with van der Waals surface area (Å²) in [5.74, 6) is 1.35. The Kier molecular flexibility index (Phi) is 6.87. The number of halogens is 1. The van der Waals surface area contributed by atoms with E-state index in [2.05, 4.69) is 15.9 Å². The Bertz CT molecular complexity index is 758. The normalized spacial score (nSPS) is 12.2. The van der Waals surface area contributed by atoms with Crippen LogP contribution in [0.15, 0.2) is 40.9 Å². The van der Waals surface area contributed by atoms with Crippen LogP contribution in [0.5, 0.6) is 17.2 Å². The standard InChI is InChI=1S/C19H21BrO5/c1-23-16-10-14(17(20)19(25-3)18(16)24-2)15(22)9-8-12-6-4-5-7-13(12)11-21/h4-10,15,21-22H,11H2,1-3H3/b9-8+. The molecule has 2 N–H and O–H groups in total. The quantitative estimate of drug-likeness (QED) is 0.730. The predicted molar refractivity (Wildman–Crippen MR) is 100 cm³/mol. The van der Waals surface area contributed by atoms with Crippen LogP contribution in [0.1, 0.15) is 22.8 Å². The van der Waals surface area contributed by atoms with Crippen LogP contribution < -0.4 is 14.2 Å². The molecule has 0 saturated heterocycles. The SMILES string of the molecule is COc1cc(C(O)/C=C/c2ccccc2CO)c(Br)c(OC)c1OC.